The fourth-order valence-electron chi connectivity index (χ4n) is 2.48. The number of rotatable bonds is 5. The topological polar surface area (TPSA) is 59.1 Å². The molecule has 2 aromatic rings. The van der Waals surface area contributed by atoms with Crippen LogP contribution in [0.15, 0.2) is 29.3 Å². The molecule has 1 N–H and O–H groups in total. The predicted molar refractivity (Wildman–Crippen MR) is 83.8 cm³/mol. The number of aryl methyl sites for hydroxylation is 2. The van der Waals surface area contributed by atoms with Crippen molar-refractivity contribution in [3.8, 4) is 0 Å². The van der Waals surface area contributed by atoms with Gasteiger partial charge in [-0.2, -0.15) is 0 Å². The van der Waals surface area contributed by atoms with Crippen molar-refractivity contribution in [2.45, 2.75) is 37.6 Å². The highest BCUT2D eigenvalue weighted by Crippen LogP contribution is 2.43. The van der Waals surface area contributed by atoms with E-state index in [0.29, 0.717) is 5.56 Å². The molecule has 1 aromatic carbocycles. The number of sulfonamides is 1. The zero-order valence-corrected chi connectivity index (χ0v) is 14.0. The molecule has 1 aliphatic carbocycles. The average Bonchev–Trinajstić information content (AvgIpc) is 3.18. The molecular weight excluding hydrogens is 323 g/mol. The third kappa shape index (κ3) is 3.06. The second-order valence-corrected chi connectivity index (χ2v) is 8.55. The fourth-order valence-corrected chi connectivity index (χ4v) is 5.04. The summed E-state index contributed by atoms with van der Waals surface area (Å²) in [5.41, 5.74) is 0.400. The lowest BCUT2D eigenvalue weighted by atomic mass is 10.2. The van der Waals surface area contributed by atoms with Crippen molar-refractivity contribution >= 4 is 21.4 Å². The van der Waals surface area contributed by atoms with Gasteiger partial charge in [0, 0.05) is 11.1 Å². The van der Waals surface area contributed by atoms with E-state index in [1.165, 1.54) is 23.5 Å². The van der Waals surface area contributed by atoms with Gasteiger partial charge < -0.3 is 0 Å². The van der Waals surface area contributed by atoms with E-state index in [2.05, 4.69) is 9.71 Å². The van der Waals surface area contributed by atoms with Crippen LogP contribution in [0, 0.1) is 25.6 Å². The molecule has 1 heterocycles. The van der Waals surface area contributed by atoms with Gasteiger partial charge in [-0.3, -0.25) is 0 Å². The van der Waals surface area contributed by atoms with Gasteiger partial charge >= 0.3 is 0 Å². The predicted octanol–water partition coefficient (Wildman–Crippen LogP) is 3.33. The smallest absolute Gasteiger partial charge is 0.244 e. The molecule has 0 amide bonds. The van der Waals surface area contributed by atoms with E-state index in [-0.39, 0.29) is 16.9 Å². The minimum Gasteiger partial charge on any atom is -0.248 e. The van der Waals surface area contributed by atoms with E-state index < -0.39 is 15.8 Å². The molecule has 1 saturated carbocycles. The second kappa shape index (κ2) is 5.72. The highest BCUT2D eigenvalue weighted by molar-refractivity contribution is 7.89. The van der Waals surface area contributed by atoms with Crippen LogP contribution in [0.2, 0.25) is 0 Å². The van der Waals surface area contributed by atoms with Crippen LogP contribution in [0.3, 0.4) is 0 Å². The molecule has 0 aliphatic heterocycles. The molecule has 0 radical (unpaired) electrons. The third-order valence-electron chi connectivity index (χ3n) is 3.71. The second-order valence-electron chi connectivity index (χ2n) is 5.63. The summed E-state index contributed by atoms with van der Waals surface area (Å²) in [6.45, 7) is 3.53. The van der Waals surface area contributed by atoms with Crippen LogP contribution < -0.4 is 4.72 Å². The van der Waals surface area contributed by atoms with Gasteiger partial charge in [0.05, 0.1) is 6.04 Å². The summed E-state index contributed by atoms with van der Waals surface area (Å²) in [5, 5.41) is 0.748. The van der Waals surface area contributed by atoms with Crippen LogP contribution >= 0.6 is 11.3 Å². The van der Waals surface area contributed by atoms with Crippen molar-refractivity contribution in [2.75, 3.05) is 0 Å². The third-order valence-corrected chi connectivity index (χ3v) is 6.33. The Morgan fingerprint density at radius 2 is 2.09 bits per heavy atom. The lowest BCUT2D eigenvalue weighted by Gasteiger charge is -2.17. The first-order valence-electron chi connectivity index (χ1n) is 7.08. The summed E-state index contributed by atoms with van der Waals surface area (Å²) < 4.78 is 41.9. The summed E-state index contributed by atoms with van der Waals surface area (Å²) in [4.78, 5) is 5.06. The van der Waals surface area contributed by atoms with Gasteiger partial charge in [0.1, 0.15) is 15.7 Å². The Balaban J connectivity index is 1.95. The molecule has 118 valence electrons. The monoisotopic (exact) mass is 340 g/mol. The lowest BCUT2D eigenvalue weighted by molar-refractivity contribution is 0.517. The van der Waals surface area contributed by atoms with Crippen LogP contribution in [0.5, 0.6) is 0 Å². The summed E-state index contributed by atoms with van der Waals surface area (Å²) in [5.74, 6) is -0.482. The number of hydrogen-bond acceptors (Lipinski definition) is 4. The summed E-state index contributed by atoms with van der Waals surface area (Å²) >= 11 is 1.48. The van der Waals surface area contributed by atoms with Gasteiger partial charge in [-0.05, 0) is 44.2 Å². The van der Waals surface area contributed by atoms with Gasteiger partial charge in [-0.1, -0.05) is 12.1 Å². The van der Waals surface area contributed by atoms with E-state index in [1.807, 2.05) is 6.92 Å². The normalized spacial score (nSPS) is 16.7. The summed E-state index contributed by atoms with van der Waals surface area (Å²) in [6.07, 6.45) is 3.65. The fraction of sp³-hybridized carbons (Fsp3) is 0.400. The van der Waals surface area contributed by atoms with E-state index in [9.17, 15) is 12.8 Å². The molecule has 4 nitrogen and oxygen atoms in total. The molecule has 22 heavy (non-hydrogen) atoms. The molecule has 3 rings (SSSR count). The van der Waals surface area contributed by atoms with E-state index in [4.69, 9.17) is 0 Å². The number of hydrogen-bond donors (Lipinski definition) is 1. The zero-order valence-electron chi connectivity index (χ0n) is 12.3. The average molecular weight is 340 g/mol. The minimum absolute atomic E-state index is 0.243. The minimum atomic E-state index is -3.92. The summed E-state index contributed by atoms with van der Waals surface area (Å²) in [6, 6.07) is 3.90. The van der Waals surface area contributed by atoms with E-state index in [1.54, 1.807) is 19.2 Å². The van der Waals surface area contributed by atoms with Crippen molar-refractivity contribution in [3.05, 3.63) is 45.7 Å². The highest BCUT2D eigenvalue weighted by atomic mass is 32.2. The molecule has 1 atom stereocenters. The Morgan fingerprint density at radius 1 is 1.36 bits per heavy atom. The molecule has 7 heteroatoms. The van der Waals surface area contributed by atoms with E-state index in [0.717, 1.165) is 22.7 Å². The first kappa shape index (κ1) is 15.6. The SMILES string of the molecule is Cc1cnc([C@@H](NS(=O)(=O)c2c(C)cccc2F)C2CC2)s1. The summed E-state index contributed by atoms with van der Waals surface area (Å²) in [7, 11) is -3.92. The maximum Gasteiger partial charge on any atom is 0.244 e. The molecule has 1 fully saturated rings. The van der Waals surface area contributed by atoms with Crippen LogP contribution in [-0.2, 0) is 10.0 Å². The molecule has 1 aromatic heterocycles. The Morgan fingerprint density at radius 3 is 2.64 bits per heavy atom. The Labute approximate surface area is 133 Å². The largest absolute Gasteiger partial charge is 0.248 e. The number of halogens is 1. The quantitative estimate of drug-likeness (QED) is 0.908. The maximum atomic E-state index is 14.0. The first-order chi connectivity index (χ1) is 10.4. The van der Waals surface area contributed by atoms with Crippen molar-refractivity contribution < 1.29 is 12.8 Å². The molecule has 0 spiro atoms. The van der Waals surface area contributed by atoms with Crippen molar-refractivity contribution in [2.24, 2.45) is 5.92 Å². The van der Waals surface area contributed by atoms with Crippen LogP contribution in [0.1, 0.15) is 34.3 Å². The van der Waals surface area contributed by atoms with Crippen molar-refractivity contribution in [3.63, 3.8) is 0 Å². The molecule has 1 aliphatic rings. The molecule has 0 bridgehead atoms. The van der Waals surface area contributed by atoms with Crippen LogP contribution in [0.4, 0.5) is 4.39 Å². The van der Waals surface area contributed by atoms with Crippen molar-refractivity contribution in [1.29, 1.82) is 0 Å². The number of nitrogens with zero attached hydrogens (tertiary/aromatic N) is 1. The Kier molecular flexibility index (Phi) is 4.05. The molecular formula is C15H17FN2O2S2. The first-order valence-corrected chi connectivity index (χ1v) is 9.38. The molecule has 0 saturated heterocycles. The zero-order chi connectivity index (χ0) is 15.9. The van der Waals surface area contributed by atoms with Crippen molar-refractivity contribution in [1.82, 2.24) is 9.71 Å². The number of benzene rings is 1. The van der Waals surface area contributed by atoms with Crippen LogP contribution in [-0.4, -0.2) is 13.4 Å². The van der Waals surface area contributed by atoms with E-state index >= 15 is 0 Å². The number of aromatic nitrogens is 1. The number of nitrogens with one attached hydrogen (secondary N) is 1. The molecule has 0 unspecified atom stereocenters. The Hall–Kier alpha value is -1.31. The van der Waals surface area contributed by atoms with Gasteiger partial charge in [-0.25, -0.2) is 22.5 Å². The maximum absolute atomic E-state index is 14.0. The number of thiazole rings is 1. The highest BCUT2D eigenvalue weighted by Gasteiger charge is 2.38. The lowest BCUT2D eigenvalue weighted by Crippen LogP contribution is -2.31. The standard InChI is InChI=1S/C15H17FN2O2S2/c1-9-4-3-5-12(16)14(9)22(19,20)18-13(11-6-7-11)15-17-8-10(2)21-15/h3-5,8,11,13,18H,6-7H2,1-2H3/t13-/m0/s1. The van der Waals surface area contributed by atoms with Gasteiger partial charge in [-0.15, -0.1) is 11.3 Å². The Bertz CT molecular complexity index is 777. The van der Waals surface area contributed by atoms with Gasteiger partial charge in [0.25, 0.3) is 0 Å². The van der Waals surface area contributed by atoms with Crippen LogP contribution in [0.25, 0.3) is 0 Å². The van der Waals surface area contributed by atoms with Gasteiger partial charge in [0.15, 0.2) is 0 Å². The van der Waals surface area contributed by atoms with Gasteiger partial charge in [0.2, 0.25) is 10.0 Å².